The second kappa shape index (κ2) is 8.41. The predicted molar refractivity (Wildman–Crippen MR) is 130 cm³/mol. The smallest absolute Gasteiger partial charge is 0.157 e. The SMILES string of the molecule is COC[C@@]1(O)CCC2[C@@H](CC[C@@H]3[C@@H]2CC[C@]2(C)[C@@H](C(=O)Cn4ncc5ncccc54)CC[C@@H]32)C1. The van der Waals surface area contributed by atoms with E-state index in [4.69, 9.17) is 4.74 Å². The average molecular weight is 466 g/mol. The molecule has 2 aromatic heterocycles. The lowest BCUT2D eigenvalue weighted by Crippen LogP contribution is -2.52. The molecule has 4 aliphatic carbocycles. The maximum Gasteiger partial charge on any atom is 0.157 e. The Balaban J connectivity index is 1.17. The molecule has 8 atom stereocenters. The lowest BCUT2D eigenvalue weighted by Gasteiger charge is -2.57. The molecule has 0 saturated heterocycles. The van der Waals surface area contributed by atoms with Crippen molar-refractivity contribution < 1.29 is 14.6 Å². The van der Waals surface area contributed by atoms with Crippen LogP contribution >= 0.6 is 0 Å². The van der Waals surface area contributed by atoms with Gasteiger partial charge in [-0.15, -0.1) is 0 Å². The minimum Gasteiger partial charge on any atom is -0.387 e. The molecule has 0 bridgehead atoms. The summed E-state index contributed by atoms with van der Waals surface area (Å²) in [4.78, 5) is 18.0. The molecular formula is C28H39N3O3. The van der Waals surface area contributed by atoms with Crippen LogP contribution in [0.5, 0.6) is 0 Å². The summed E-state index contributed by atoms with van der Waals surface area (Å²) in [5, 5.41) is 15.5. The summed E-state index contributed by atoms with van der Waals surface area (Å²) < 4.78 is 7.19. The van der Waals surface area contributed by atoms with Crippen LogP contribution in [0, 0.1) is 40.9 Å². The lowest BCUT2D eigenvalue weighted by atomic mass is 9.49. The summed E-state index contributed by atoms with van der Waals surface area (Å²) in [6, 6.07) is 3.92. The normalized spacial score (nSPS) is 41.6. The van der Waals surface area contributed by atoms with Gasteiger partial charge in [-0.1, -0.05) is 6.92 Å². The third kappa shape index (κ3) is 3.55. The fourth-order valence-corrected chi connectivity index (χ4v) is 9.19. The number of methoxy groups -OCH3 is 1. The van der Waals surface area contributed by atoms with Gasteiger partial charge in [0.05, 0.1) is 23.9 Å². The first kappa shape index (κ1) is 22.7. The quantitative estimate of drug-likeness (QED) is 0.696. The molecule has 2 aromatic rings. The van der Waals surface area contributed by atoms with E-state index in [9.17, 15) is 9.90 Å². The highest BCUT2D eigenvalue weighted by Crippen LogP contribution is 2.64. The molecule has 0 amide bonds. The Bertz CT molecular complexity index is 1070. The summed E-state index contributed by atoms with van der Waals surface area (Å²) >= 11 is 0. The molecule has 0 radical (unpaired) electrons. The van der Waals surface area contributed by atoms with Crippen molar-refractivity contribution in [3.63, 3.8) is 0 Å². The van der Waals surface area contributed by atoms with Crippen LogP contribution in [-0.2, 0) is 16.1 Å². The topological polar surface area (TPSA) is 77.2 Å². The predicted octanol–water partition coefficient (Wildman–Crippen LogP) is 4.65. The van der Waals surface area contributed by atoms with Crippen molar-refractivity contribution in [3.05, 3.63) is 24.5 Å². The first-order chi connectivity index (χ1) is 16.4. The maximum absolute atomic E-state index is 13.6. The molecule has 6 heteroatoms. The van der Waals surface area contributed by atoms with Gasteiger partial charge in [-0.05, 0) is 105 Å². The number of hydrogen-bond acceptors (Lipinski definition) is 5. The van der Waals surface area contributed by atoms with Gasteiger partial charge in [-0.3, -0.25) is 14.5 Å². The Morgan fingerprint density at radius 1 is 1.15 bits per heavy atom. The van der Waals surface area contributed by atoms with Gasteiger partial charge < -0.3 is 9.84 Å². The van der Waals surface area contributed by atoms with Gasteiger partial charge in [-0.2, -0.15) is 5.10 Å². The van der Waals surface area contributed by atoms with Gasteiger partial charge in [0.15, 0.2) is 5.78 Å². The summed E-state index contributed by atoms with van der Waals surface area (Å²) in [7, 11) is 1.70. The molecule has 0 aliphatic heterocycles. The van der Waals surface area contributed by atoms with Gasteiger partial charge >= 0.3 is 0 Å². The number of rotatable bonds is 5. The molecule has 4 aliphatic rings. The minimum atomic E-state index is -0.622. The largest absolute Gasteiger partial charge is 0.387 e. The molecule has 4 fully saturated rings. The van der Waals surface area contributed by atoms with Crippen molar-refractivity contribution in [3.8, 4) is 0 Å². The van der Waals surface area contributed by atoms with Gasteiger partial charge in [0.25, 0.3) is 0 Å². The van der Waals surface area contributed by atoms with E-state index in [1.54, 1.807) is 19.5 Å². The molecule has 4 saturated carbocycles. The molecule has 6 nitrogen and oxygen atoms in total. The average Bonchev–Trinajstić information content (AvgIpc) is 3.39. The van der Waals surface area contributed by atoms with E-state index in [0.29, 0.717) is 30.8 Å². The molecule has 6 rings (SSSR count). The van der Waals surface area contributed by atoms with Crippen molar-refractivity contribution in [2.45, 2.75) is 76.9 Å². The molecule has 34 heavy (non-hydrogen) atoms. The lowest BCUT2D eigenvalue weighted by molar-refractivity contribution is -0.136. The Morgan fingerprint density at radius 2 is 2.00 bits per heavy atom. The van der Waals surface area contributed by atoms with Crippen molar-refractivity contribution in [2.24, 2.45) is 40.9 Å². The number of fused-ring (bicyclic) bond motifs is 6. The molecule has 1 unspecified atom stereocenters. The summed E-state index contributed by atoms with van der Waals surface area (Å²) in [5.41, 5.74) is 1.30. The Kier molecular flexibility index (Phi) is 5.60. The second-order valence-electron chi connectivity index (χ2n) is 12.2. The van der Waals surface area contributed by atoms with E-state index in [1.165, 1.54) is 32.1 Å². The number of carbonyl (C=O) groups excluding carboxylic acids is 1. The Morgan fingerprint density at radius 3 is 2.85 bits per heavy atom. The number of ketones is 1. The molecule has 2 heterocycles. The number of hydrogen-bond donors (Lipinski definition) is 1. The van der Waals surface area contributed by atoms with Gasteiger partial charge in [0.2, 0.25) is 0 Å². The monoisotopic (exact) mass is 465 g/mol. The molecule has 184 valence electrons. The van der Waals surface area contributed by atoms with E-state index >= 15 is 0 Å². The fourth-order valence-electron chi connectivity index (χ4n) is 9.19. The molecule has 0 aromatic carbocycles. The van der Waals surface area contributed by atoms with E-state index in [0.717, 1.165) is 54.5 Å². The summed E-state index contributed by atoms with van der Waals surface area (Å²) in [6.45, 7) is 3.26. The van der Waals surface area contributed by atoms with Gasteiger partial charge in [-0.25, -0.2) is 0 Å². The highest BCUT2D eigenvalue weighted by molar-refractivity contribution is 5.84. The van der Waals surface area contributed by atoms with Crippen LogP contribution in [0.3, 0.4) is 0 Å². The van der Waals surface area contributed by atoms with E-state index < -0.39 is 5.60 Å². The highest BCUT2D eigenvalue weighted by atomic mass is 16.5. The van der Waals surface area contributed by atoms with Crippen LogP contribution in [0.4, 0.5) is 0 Å². The number of aromatic nitrogens is 3. The van der Waals surface area contributed by atoms with Crippen molar-refractivity contribution in [2.75, 3.05) is 13.7 Å². The number of nitrogens with zero attached hydrogens (tertiary/aromatic N) is 3. The van der Waals surface area contributed by atoms with Crippen molar-refractivity contribution in [1.82, 2.24) is 14.8 Å². The molecule has 0 spiro atoms. The van der Waals surface area contributed by atoms with Crippen LogP contribution in [0.25, 0.3) is 11.0 Å². The summed E-state index contributed by atoms with van der Waals surface area (Å²) in [6.07, 6.45) is 13.6. The number of aliphatic hydroxyl groups is 1. The number of Topliss-reactive ketones (excluding diaryl/α,β-unsaturated/α-hetero) is 1. The highest BCUT2D eigenvalue weighted by Gasteiger charge is 2.59. The second-order valence-corrected chi connectivity index (χ2v) is 12.2. The number of carbonyl (C=O) groups is 1. The van der Waals surface area contributed by atoms with Crippen LogP contribution in [-0.4, -0.2) is 45.0 Å². The zero-order valence-corrected chi connectivity index (χ0v) is 20.7. The van der Waals surface area contributed by atoms with Gasteiger partial charge in [0, 0.05) is 19.2 Å². The number of ether oxygens (including phenoxy) is 1. The van der Waals surface area contributed by atoms with Crippen LogP contribution in [0.2, 0.25) is 0 Å². The third-order valence-corrected chi connectivity index (χ3v) is 10.6. The Hall–Kier alpha value is -1.79. The Labute approximate surface area is 202 Å². The van der Waals surface area contributed by atoms with Crippen LogP contribution in [0.1, 0.15) is 64.7 Å². The van der Waals surface area contributed by atoms with Crippen molar-refractivity contribution >= 4 is 16.8 Å². The summed E-state index contributed by atoms with van der Waals surface area (Å²) in [5.74, 6) is 4.08. The van der Waals surface area contributed by atoms with Crippen molar-refractivity contribution in [1.29, 1.82) is 0 Å². The van der Waals surface area contributed by atoms with E-state index in [1.807, 2.05) is 16.8 Å². The maximum atomic E-state index is 13.6. The van der Waals surface area contributed by atoms with E-state index in [2.05, 4.69) is 17.0 Å². The fraction of sp³-hybridized carbons (Fsp3) is 0.750. The third-order valence-electron chi connectivity index (χ3n) is 10.6. The van der Waals surface area contributed by atoms with Crippen LogP contribution in [0.15, 0.2) is 24.5 Å². The zero-order valence-electron chi connectivity index (χ0n) is 20.7. The van der Waals surface area contributed by atoms with Gasteiger partial charge in [0.1, 0.15) is 12.1 Å². The van der Waals surface area contributed by atoms with E-state index in [-0.39, 0.29) is 11.3 Å². The first-order valence-electron chi connectivity index (χ1n) is 13.4. The molecule has 1 N–H and O–H groups in total. The minimum absolute atomic E-state index is 0.123. The standard InChI is InChI=1S/C28H39N3O3/c1-27-11-9-20-19-10-12-28(33,17-34-2)14-18(19)5-6-21(20)22(27)7-8-23(27)26(32)16-31-25-4-3-13-29-24(25)15-30-31/h3-4,13,15,18-23,33H,5-12,14,16-17H2,1-2H3/t18-,19?,20+,21+,22-,23+,27-,28+/m0/s1. The van der Waals surface area contributed by atoms with Crippen LogP contribution < -0.4 is 0 Å². The first-order valence-corrected chi connectivity index (χ1v) is 13.4. The molecular weight excluding hydrogens is 426 g/mol. The number of pyridine rings is 1. The zero-order chi connectivity index (χ0) is 23.5.